The standard InChI is InChI=1S/C6H13N/c1-7-6-4-2-3-5-6/h6-7H,2-5H2,1H3/i2D. The van der Waals surface area contributed by atoms with Gasteiger partial charge in [0, 0.05) is 7.41 Å². The van der Waals surface area contributed by atoms with Gasteiger partial charge < -0.3 is 5.32 Å². The molecule has 0 bridgehead atoms. The monoisotopic (exact) mass is 100 g/mol. The highest BCUT2D eigenvalue weighted by Crippen LogP contribution is 2.16. The Morgan fingerprint density at radius 2 is 2.57 bits per heavy atom. The second-order valence-electron chi connectivity index (χ2n) is 2.09. The zero-order chi connectivity index (χ0) is 5.98. The van der Waals surface area contributed by atoms with E-state index in [1.807, 2.05) is 7.05 Å². The lowest BCUT2D eigenvalue weighted by Crippen LogP contribution is -2.20. The first-order chi connectivity index (χ1) is 3.83. The summed E-state index contributed by atoms with van der Waals surface area (Å²) in [6, 6.07) is 0.637. The van der Waals surface area contributed by atoms with Gasteiger partial charge >= 0.3 is 0 Å². The van der Waals surface area contributed by atoms with Crippen LogP contribution >= 0.6 is 0 Å². The van der Waals surface area contributed by atoms with Crippen molar-refractivity contribution in [2.45, 2.75) is 31.7 Å². The van der Waals surface area contributed by atoms with Crippen molar-refractivity contribution in [3.05, 3.63) is 0 Å². The average molecular weight is 100 g/mol. The second kappa shape index (κ2) is 2.31. The van der Waals surface area contributed by atoms with Crippen molar-refractivity contribution in [1.82, 2.24) is 5.32 Å². The molecule has 1 nitrogen and oxygen atoms in total. The smallest absolute Gasteiger partial charge is 0.0267 e. The van der Waals surface area contributed by atoms with Crippen LogP contribution in [0.1, 0.15) is 27.0 Å². The van der Waals surface area contributed by atoms with E-state index in [1.165, 1.54) is 6.42 Å². The molecule has 0 saturated heterocycles. The fourth-order valence-corrected chi connectivity index (χ4v) is 1.02. The van der Waals surface area contributed by atoms with E-state index >= 15 is 0 Å². The zero-order valence-corrected chi connectivity index (χ0v) is 4.78. The molecule has 0 aliphatic heterocycles. The summed E-state index contributed by atoms with van der Waals surface area (Å²) in [5.41, 5.74) is 0. The van der Waals surface area contributed by atoms with E-state index < -0.39 is 0 Å². The Morgan fingerprint density at radius 1 is 1.71 bits per heavy atom. The third-order valence-corrected chi connectivity index (χ3v) is 1.58. The van der Waals surface area contributed by atoms with Crippen molar-refractivity contribution >= 4 is 0 Å². The summed E-state index contributed by atoms with van der Waals surface area (Å²) in [4.78, 5) is 0. The summed E-state index contributed by atoms with van der Waals surface area (Å²) in [6.45, 7) is 0. The summed E-state index contributed by atoms with van der Waals surface area (Å²) in [5, 5.41) is 3.17. The van der Waals surface area contributed by atoms with Gasteiger partial charge in [0.05, 0.1) is 0 Å². The third-order valence-electron chi connectivity index (χ3n) is 1.58. The van der Waals surface area contributed by atoms with Gasteiger partial charge in [-0.15, -0.1) is 0 Å². The van der Waals surface area contributed by atoms with Crippen molar-refractivity contribution in [2.75, 3.05) is 7.05 Å². The number of nitrogens with one attached hydrogen (secondary N) is 1. The van der Waals surface area contributed by atoms with E-state index in [1.54, 1.807) is 0 Å². The van der Waals surface area contributed by atoms with Crippen LogP contribution in [-0.2, 0) is 0 Å². The fourth-order valence-electron chi connectivity index (χ4n) is 1.02. The first-order valence-corrected chi connectivity index (χ1v) is 2.92. The average Bonchev–Trinajstić information content (AvgIpc) is 2.14. The first kappa shape index (κ1) is 3.90. The maximum atomic E-state index is 7.33. The maximum absolute atomic E-state index is 7.33. The SMILES string of the molecule is [2H]C1CCC(NC)C1. The molecule has 0 spiro atoms. The normalized spacial score (nSPS) is 43.9. The minimum atomic E-state index is 0.215. The van der Waals surface area contributed by atoms with Gasteiger partial charge in [0.15, 0.2) is 0 Å². The molecular weight excluding hydrogens is 86.1 g/mol. The molecule has 0 amide bonds. The summed E-state index contributed by atoms with van der Waals surface area (Å²) in [7, 11) is 1.97. The van der Waals surface area contributed by atoms with Crippen molar-refractivity contribution in [1.29, 1.82) is 0 Å². The van der Waals surface area contributed by atoms with Gasteiger partial charge in [-0.2, -0.15) is 0 Å². The quantitative estimate of drug-likeness (QED) is 0.521. The van der Waals surface area contributed by atoms with Crippen LogP contribution in [0.25, 0.3) is 0 Å². The van der Waals surface area contributed by atoms with Crippen LogP contribution in [0.5, 0.6) is 0 Å². The molecule has 1 N–H and O–H groups in total. The Balaban J connectivity index is 2.22. The molecule has 0 aromatic rings. The summed E-state index contributed by atoms with van der Waals surface area (Å²) in [5.74, 6) is 0. The van der Waals surface area contributed by atoms with E-state index in [-0.39, 0.29) is 6.40 Å². The highest BCUT2D eigenvalue weighted by atomic mass is 14.9. The molecule has 0 radical (unpaired) electrons. The molecule has 42 valence electrons. The van der Waals surface area contributed by atoms with E-state index in [4.69, 9.17) is 1.37 Å². The van der Waals surface area contributed by atoms with Crippen molar-refractivity contribution in [2.24, 2.45) is 0 Å². The molecule has 2 atom stereocenters. The van der Waals surface area contributed by atoms with Crippen LogP contribution in [-0.4, -0.2) is 13.1 Å². The second-order valence-corrected chi connectivity index (χ2v) is 2.09. The highest BCUT2D eigenvalue weighted by molar-refractivity contribution is 4.70. The van der Waals surface area contributed by atoms with Crippen molar-refractivity contribution in [3.63, 3.8) is 0 Å². The lowest BCUT2D eigenvalue weighted by molar-refractivity contribution is 0.582. The number of hydrogen-bond donors (Lipinski definition) is 1. The molecule has 0 aromatic heterocycles. The molecule has 0 heterocycles. The highest BCUT2D eigenvalue weighted by Gasteiger charge is 2.10. The van der Waals surface area contributed by atoms with E-state index in [0.717, 1.165) is 12.8 Å². The molecule has 1 heteroatoms. The van der Waals surface area contributed by atoms with E-state index in [0.29, 0.717) is 6.04 Å². The lowest BCUT2D eigenvalue weighted by atomic mass is 10.3. The predicted molar refractivity (Wildman–Crippen MR) is 31.3 cm³/mol. The Kier molecular flexibility index (Phi) is 1.29. The van der Waals surface area contributed by atoms with E-state index in [2.05, 4.69) is 5.32 Å². The third kappa shape index (κ3) is 1.16. The Bertz CT molecular complexity index is 74.9. The van der Waals surface area contributed by atoms with Crippen LogP contribution in [0.2, 0.25) is 0 Å². The Morgan fingerprint density at radius 3 is 2.86 bits per heavy atom. The molecular formula is C6H13N. The van der Waals surface area contributed by atoms with Gasteiger partial charge in [-0.3, -0.25) is 0 Å². The summed E-state index contributed by atoms with van der Waals surface area (Å²) in [6.07, 6.45) is 3.56. The summed E-state index contributed by atoms with van der Waals surface area (Å²) < 4.78 is 7.33. The van der Waals surface area contributed by atoms with Gasteiger partial charge in [0.2, 0.25) is 0 Å². The molecule has 1 saturated carbocycles. The van der Waals surface area contributed by atoms with E-state index in [9.17, 15) is 0 Å². The fraction of sp³-hybridized carbons (Fsp3) is 1.00. The number of rotatable bonds is 1. The van der Waals surface area contributed by atoms with Crippen molar-refractivity contribution in [3.8, 4) is 0 Å². The first-order valence-electron chi connectivity index (χ1n) is 3.50. The molecule has 1 rings (SSSR count). The maximum Gasteiger partial charge on any atom is 0.0267 e. The molecule has 1 aliphatic rings. The van der Waals surface area contributed by atoms with Crippen LogP contribution in [0.3, 0.4) is 0 Å². The van der Waals surface area contributed by atoms with Gasteiger partial charge in [0.1, 0.15) is 0 Å². The number of hydrogen-bond acceptors (Lipinski definition) is 1. The molecule has 7 heavy (non-hydrogen) atoms. The Labute approximate surface area is 46.5 Å². The van der Waals surface area contributed by atoms with Gasteiger partial charge in [0.25, 0.3) is 0 Å². The summed E-state index contributed by atoms with van der Waals surface area (Å²) >= 11 is 0. The topological polar surface area (TPSA) is 12.0 Å². The minimum Gasteiger partial charge on any atom is -0.317 e. The van der Waals surface area contributed by atoms with Crippen molar-refractivity contribution < 1.29 is 1.37 Å². The zero-order valence-electron chi connectivity index (χ0n) is 5.78. The van der Waals surface area contributed by atoms with Crippen LogP contribution < -0.4 is 5.32 Å². The lowest BCUT2D eigenvalue weighted by Gasteiger charge is -2.03. The molecule has 1 fully saturated rings. The van der Waals surface area contributed by atoms with Crippen LogP contribution in [0, 0.1) is 0 Å². The van der Waals surface area contributed by atoms with Crippen LogP contribution in [0.4, 0.5) is 0 Å². The van der Waals surface area contributed by atoms with Gasteiger partial charge in [-0.05, 0) is 19.9 Å². The Hall–Kier alpha value is -0.0400. The molecule has 1 aliphatic carbocycles. The predicted octanol–water partition coefficient (Wildman–Crippen LogP) is 1.15. The largest absolute Gasteiger partial charge is 0.317 e. The van der Waals surface area contributed by atoms with Gasteiger partial charge in [-0.1, -0.05) is 12.8 Å². The van der Waals surface area contributed by atoms with Gasteiger partial charge in [-0.25, -0.2) is 0 Å². The molecule has 2 unspecified atom stereocenters. The van der Waals surface area contributed by atoms with Crippen LogP contribution in [0.15, 0.2) is 0 Å². The minimum absolute atomic E-state index is 0.215. The molecule has 0 aromatic carbocycles.